The van der Waals surface area contributed by atoms with E-state index in [9.17, 15) is 13.2 Å². The molecule has 0 bridgehead atoms. The first-order valence-electron chi connectivity index (χ1n) is 11.8. The molecular formula is C25H30N4O3S. The molecule has 1 saturated heterocycles. The van der Waals surface area contributed by atoms with Crippen LogP contribution in [0.15, 0.2) is 36.4 Å². The topological polar surface area (TPSA) is 85.2 Å². The number of aryl methyl sites for hydroxylation is 1. The number of amides is 1. The Hall–Kier alpha value is -2.74. The van der Waals surface area contributed by atoms with E-state index in [-0.39, 0.29) is 23.5 Å². The third kappa shape index (κ3) is 4.28. The van der Waals surface area contributed by atoms with Gasteiger partial charge < -0.3 is 4.90 Å². The second-order valence-electron chi connectivity index (χ2n) is 9.30. The molecule has 1 saturated carbocycles. The molecule has 0 spiro atoms. The molecule has 8 heteroatoms. The van der Waals surface area contributed by atoms with Crippen LogP contribution in [0.2, 0.25) is 0 Å². The van der Waals surface area contributed by atoms with Gasteiger partial charge in [-0.2, -0.15) is 5.10 Å². The number of aromatic nitrogens is 3. The molecule has 7 nitrogen and oxygen atoms in total. The summed E-state index contributed by atoms with van der Waals surface area (Å²) < 4.78 is 26.1. The van der Waals surface area contributed by atoms with Gasteiger partial charge in [-0.05, 0) is 50.8 Å². The second kappa shape index (κ2) is 8.56. The van der Waals surface area contributed by atoms with Crippen LogP contribution >= 0.6 is 0 Å². The largest absolute Gasteiger partial charge is 0.308 e. The van der Waals surface area contributed by atoms with Crippen LogP contribution in [0.3, 0.4) is 0 Å². The predicted octanol–water partition coefficient (Wildman–Crippen LogP) is 4.42. The van der Waals surface area contributed by atoms with Gasteiger partial charge in [-0.25, -0.2) is 18.1 Å². The van der Waals surface area contributed by atoms with Crippen molar-refractivity contribution in [1.29, 1.82) is 0 Å². The quantitative estimate of drug-likeness (QED) is 0.514. The zero-order chi connectivity index (χ0) is 23.2. The van der Waals surface area contributed by atoms with Crippen molar-refractivity contribution in [3.05, 3.63) is 53.3 Å². The number of carbonyl (C=O) groups excluding carboxylic acids is 1. The average Bonchev–Trinajstić information content (AvgIpc) is 3.52. The zero-order valence-electron chi connectivity index (χ0n) is 19.2. The first-order valence-corrected chi connectivity index (χ1v) is 13.7. The molecule has 33 heavy (non-hydrogen) atoms. The summed E-state index contributed by atoms with van der Waals surface area (Å²) in [6.45, 7) is 4.64. The van der Waals surface area contributed by atoms with E-state index in [0.717, 1.165) is 48.1 Å². The van der Waals surface area contributed by atoms with Crippen molar-refractivity contribution in [2.45, 2.75) is 57.9 Å². The van der Waals surface area contributed by atoms with Crippen molar-refractivity contribution in [2.24, 2.45) is 0 Å². The number of unbranched alkanes of at least 4 members (excludes halogenated alkanes) is 1. The van der Waals surface area contributed by atoms with E-state index in [1.54, 1.807) is 4.68 Å². The van der Waals surface area contributed by atoms with Gasteiger partial charge in [-0.15, -0.1) is 0 Å². The molecule has 1 aliphatic heterocycles. The van der Waals surface area contributed by atoms with Gasteiger partial charge in [0.2, 0.25) is 0 Å². The number of hydrogen-bond acceptors (Lipinski definition) is 5. The molecule has 2 fully saturated rings. The van der Waals surface area contributed by atoms with Crippen LogP contribution in [0, 0.1) is 6.92 Å². The van der Waals surface area contributed by atoms with E-state index in [2.05, 4.69) is 6.92 Å². The van der Waals surface area contributed by atoms with E-state index < -0.39 is 9.84 Å². The van der Waals surface area contributed by atoms with E-state index >= 15 is 0 Å². The molecule has 3 heterocycles. The van der Waals surface area contributed by atoms with Crippen molar-refractivity contribution in [3.63, 3.8) is 0 Å². The summed E-state index contributed by atoms with van der Waals surface area (Å²) in [5.41, 5.74) is 3.77. The molecule has 2 aliphatic rings. The van der Waals surface area contributed by atoms with Gasteiger partial charge in [0.05, 0.1) is 34.2 Å². The zero-order valence-corrected chi connectivity index (χ0v) is 20.0. The van der Waals surface area contributed by atoms with Crippen LogP contribution in [-0.2, 0) is 9.84 Å². The Kier molecular flexibility index (Phi) is 5.72. The molecule has 1 aromatic carbocycles. The summed E-state index contributed by atoms with van der Waals surface area (Å²) in [7, 11) is -3.07. The minimum absolute atomic E-state index is 0.0503. The van der Waals surface area contributed by atoms with Gasteiger partial charge >= 0.3 is 0 Å². The molecule has 1 atom stereocenters. The molecule has 0 radical (unpaired) electrons. The lowest BCUT2D eigenvalue weighted by Gasteiger charge is -2.23. The van der Waals surface area contributed by atoms with E-state index in [1.807, 2.05) is 48.2 Å². The van der Waals surface area contributed by atoms with Crippen LogP contribution in [-0.4, -0.2) is 47.1 Å². The van der Waals surface area contributed by atoms with Gasteiger partial charge in [0.15, 0.2) is 15.5 Å². The number of carbonyl (C=O) groups is 1. The Morgan fingerprint density at radius 2 is 1.94 bits per heavy atom. The summed E-state index contributed by atoms with van der Waals surface area (Å²) in [4.78, 5) is 20.8. The summed E-state index contributed by atoms with van der Waals surface area (Å²) in [6.07, 6.45) is 4.56. The summed E-state index contributed by atoms with van der Waals surface area (Å²) in [5.74, 6) is 0.558. The monoisotopic (exact) mass is 466 g/mol. The Morgan fingerprint density at radius 1 is 1.18 bits per heavy atom. The van der Waals surface area contributed by atoms with Crippen molar-refractivity contribution in [3.8, 4) is 0 Å². The van der Waals surface area contributed by atoms with Gasteiger partial charge in [-0.1, -0.05) is 31.5 Å². The Bertz CT molecular complexity index is 1300. The van der Waals surface area contributed by atoms with Crippen LogP contribution in [0.25, 0.3) is 11.0 Å². The maximum atomic E-state index is 14.0. The smallest absolute Gasteiger partial charge is 0.259 e. The highest BCUT2D eigenvalue weighted by Crippen LogP contribution is 2.41. The summed E-state index contributed by atoms with van der Waals surface area (Å²) >= 11 is 0. The van der Waals surface area contributed by atoms with Crippen molar-refractivity contribution < 1.29 is 13.2 Å². The normalized spacial score (nSPS) is 19.8. The lowest BCUT2D eigenvalue weighted by molar-refractivity contribution is 0.0988. The SMILES string of the molecule is CCCCN(C(=O)c1cc(C2CC2)nc2c1c(C)nn2C1CCS(=O)(=O)C1)c1ccccc1. The maximum Gasteiger partial charge on any atom is 0.259 e. The van der Waals surface area contributed by atoms with E-state index in [0.29, 0.717) is 30.1 Å². The Morgan fingerprint density at radius 3 is 2.58 bits per heavy atom. The number of sulfone groups is 1. The predicted molar refractivity (Wildman–Crippen MR) is 130 cm³/mol. The molecule has 1 aliphatic carbocycles. The number of rotatable bonds is 7. The number of pyridine rings is 1. The van der Waals surface area contributed by atoms with E-state index in [4.69, 9.17) is 10.1 Å². The first kappa shape index (κ1) is 22.1. The number of benzene rings is 1. The lowest BCUT2D eigenvalue weighted by Crippen LogP contribution is -2.32. The van der Waals surface area contributed by atoms with Crippen molar-refractivity contribution in [1.82, 2.24) is 14.8 Å². The first-order chi connectivity index (χ1) is 15.9. The lowest BCUT2D eigenvalue weighted by atomic mass is 10.1. The number of anilines is 1. The summed E-state index contributed by atoms with van der Waals surface area (Å²) in [5, 5.41) is 5.46. The molecule has 1 unspecified atom stereocenters. The molecule has 1 amide bonds. The molecular weight excluding hydrogens is 436 g/mol. The third-order valence-electron chi connectivity index (χ3n) is 6.69. The van der Waals surface area contributed by atoms with E-state index in [1.165, 1.54) is 0 Å². The van der Waals surface area contributed by atoms with Crippen LogP contribution < -0.4 is 4.90 Å². The van der Waals surface area contributed by atoms with Crippen molar-refractivity contribution in [2.75, 3.05) is 23.0 Å². The minimum atomic E-state index is -3.07. The fraction of sp³-hybridized carbons (Fsp3) is 0.480. The summed E-state index contributed by atoms with van der Waals surface area (Å²) in [6, 6.07) is 11.5. The molecule has 0 N–H and O–H groups in total. The molecule has 2 aromatic heterocycles. The molecule has 3 aromatic rings. The van der Waals surface area contributed by atoms with Gasteiger partial charge in [0.1, 0.15) is 0 Å². The Balaban J connectivity index is 1.64. The van der Waals surface area contributed by atoms with Crippen molar-refractivity contribution >= 4 is 32.5 Å². The maximum absolute atomic E-state index is 14.0. The highest BCUT2D eigenvalue weighted by Gasteiger charge is 2.34. The average molecular weight is 467 g/mol. The highest BCUT2D eigenvalue weighted by atomic mass is 32.2. The van der Waals surface area contributed by atoms with Gasteiger partial charge in [0.25, 0.3) is 5.91 Å². The number of nitrogens with zero attached hydrogens (tertiary/aromatic N) is 4. The van der Waals surface area contributed by atoms with Crippen LogP contribution in [0.1, 0.15) is 72.7 Å². The van der Waals surface area contributed by atoms with Crippen LogP contribution in [0.5, 0.6) is 0 Å². The van der Waals surface area contributed by atoms with Crippen LogP contribution in [0.4, 0.5) is 5.69 Å². The van der Waals surface area contributed by atoms with Gasteiger partial charge in [-0.3, -0.25) is 4.79 Å². The minimum Gasteiger partial charge on any atom is -0.308 e. The number of fused-ring (bicyclic) bond motifs is 1. The highest BCUT2D eigenvalue weighted by molar-refractivity contribution is 7.91. The standard InChI is InChI=1S/C25H30N4O3S/c1-3-4-13-28(19-8-6-5-7-9-19)25(30)21-15-22(18-10-11-18)26-24-23(21)17(2)27-29(24)20-12-14-33(31,32)16-20/h5-9,15,18,20H,3-4,10-14,16H2,1-2H3. The van der Waals surface area contributed by atoms with Gasteiger partial charge in [0, 0.05) is 23.8 Å². The molecule has 5 rings (SSSR count). The fourth-order valence-electron chi connectivity index (χ4n) is 4.73. The Labute approximate surface area is 194 Å². The third-order valence-corrected chi connectivity index (χ3v) is 8.44. The molecule has 174 valence electrons. The second-order valence-corrected chi connectivity index (χ2v) is 11.5. The number of para-hydroxylation sites is 1. The number of hydrogen-bond donors (Lipinski definition) is 0. The fourth-order valence-corrected chi connectivity index (χ4v) is 6.42.